The van der Waals surface area contributed by atoms with Crippen molar-refractivity contribution in [2.45, 2.75) is 18.9 Å². The third kappa shape index (κ3) is 3.53. The van der Waals surface area contributed by atoms with Gasteiger partial charge in [0.15, 0.2) is 0 Å². The first-order valence-corrected chi connectivity index (χ1v) is 9.35. The number of nitrogens with zero attached hydrogens (tertiary/aromatic N) is 4. The first-order valence-electron chi connectivity index (χ1n) is 7.40. The molecule has 0 saturated carbocycles. The van der Waals surface area contributed by atoms with Gasteiger partial charge in [0, 0.05) is 54.4 Å². The summed E-state index contributed by atoms with van der Waals surface area (Å²) in [6.45, 7) is 4.46. The number of halogens is 1. The van der Waals surface area contributed by atoms with Gasteiger partial charge in [0.05, 0.1) is 5.56 Å². The molecule has 0 aliphatic carbocycles. The Kier molecular flexibility index (Phi) is 5.04. The number of hydrogen-bond acceptors (Lipinski definition) is 5. The third-order valence-electron chi connectivity index (χ3n) is 4.28. The first kappa shape index (κ1) is 15.1. The highest BCUT2D eigenvalue weighted by molar-refractivity contribution is 9.10. The Morgan fingerprint density at radius 1 is 1.24 bits per heavy atom. The molecule has 0 unspecified atom stereocenters. The minimum atomic E-state index is 0.664. The van der Waals surface area contributed by atoms with Crippen LogP contribution in [0, 0.1) is 11.3 Å². The predicted octanol–water partition coefficient (Wildman–Crippen LogP) is 2.73. The molecular formula is C15H19BrN4S. The maximum absolute atomic E-state index is 9.28. The van der Waals surface area contributed by atoms with Gasteiger partial charge in [0.1, 0.15) is 11.9 Å². The summed E-state index contributed by atoms with van der Waals surface area (Å²) in [6.07, 6.45) is 4.13. The molecule has 112 valence electrons. The minimum Gasteiger partial charge on any atom is -0.355 e. The summed E-state index contributed by atoms with van der Waals surface area (Å²) in [6, 6.07) is 4.83. The van der Waals surface area contributed by atoms with Crippen LogP contribution in [0.1, 0.15) is 18.4 Å². The molecule has 4 nitrogen and oxygen atoms in total. The van der Waals surface area contributed by atoms with E-state index < -0.39 is 0 Å². The van der Waals surface area contributed by atoms with Crippen molar-refractivity contribution < 1.29 is 0 Å². The van der Waals surface area contributed by atoms with Gasteiger partial charge in [-0.15, -0.1) is 0 Å². The summed E-state index contributed by atoms with van der Waals surface area (Å²) < 4.78 is 0.864. The monoisotopic (exact) mass is 366 g/mol. The van der Waals surface area contributed by atoms with Crippen LogP contribution in [0.4, 0.5) is 5.82 Å². The zero-order valence-electron chi connectivity index (χ0n) is 12.0. The van der Waals surface area contributed by atoms with Gasteiger partial charge in [-0.05, 0) is 34.8 Å². The molecule has 0 aromatic carbocycles. The van der Waals surface area contributed by atoms with Crippen molar-refractivity contribution in [3.8, 4) is 6.07 Å². The van der Waals surface area contributed by atoms with E-state index in [0.29, 0.717) is 11.6 Å². The average molecular weight is 367 g/mol. The minimum absolute atomic E-state index is 0.664. The van der Waals surface area contributed by atoms with Crippen molar-refractivity contribution in [1.82, 2.24) is 9.88 Å². The molecule has 2 fully saturated rings. The fraction of sp³-hybridized carbons (Fsp3) is 0.600. The molecule has 21 heavy (non-hydrogen) atoms. The summed E-state index contributed by atoms with van der Waals surface area (Å²) in [4.78, 5) is 9.36. The SMILES string of the molecule is N#Cc1cc(Br)cnc1N1CCC(N2CCSCC2)CC1. The molecular weight excluding hydrogens is 348 g/mol. The highest BCUT2D eigenvalue weighted by Crippen LogP contribution is 2.26. The highest BCUT2D eigenvalue weighted by atomic mass is 79.9. The summed E-state index contributed by atoms with van der Waals surface area (Å²) in [5.74, 6) is 3.38. The van der Waals surface area contributed by atoms with Crippen LogP contribution in [0.25, 0.3) is 0 Å². The molecule has 2 saturated heterocycles. The number of piperidine rings is 1. The maximum Gasteiger partial charge on any atom is 0.146 e. The predicted molar refractivity (Wildman–Crippen MR) is 90.8 cm³/mol. The van der Waals surface area contributed by atoms with E-state index in [-0.39, 0.29) is 0 Å². The van der Waals surface area contributed by atoms with Crippen LogP contribution >= 0.6 is 27.7 Å². The van der Waals surface area contributed by atoms with Crippen LogP contribution in [0.15, 0.2) is 16.7 Å². The molecule has 0 spiro atoms. The van der Waals surface area contributed by atoms with Gasteiger partial charge < -0.3 is 4.90 Å². The van der Waals surface area contributed by atoms with Gasteiger partial charge in [-0.25, -0.2) is 4.98 Å². The van der Waals surface area contributed by atoms with Gasteiger partial charge in [-0.3, -0.25) is 4.90 Å². The molecule has 2 aliphatic heterocycles. The van der Waals surface area contributed by atoms with Crippen LogP contribution in [0.5, 0.6) is 0 Å². The number of hydrogen-bond donors (Lipinski definition) is 0. The van der Waals surface area contributed by atoms with E-state index in [0.717, 1.165) is 23.4 Å². The summed E-state index contributed by atoms with van der Waals surface area (Å²) in [5, 5.41) is 9.28. The number of nitriles is 1. The van der Waals surface area contributed by atoms with E-state index in [9.17, 15) is 5.26 Å². The largest absolute Gasteiger partial charge is 0.355 e. The lowest BCUT2D eigenvalue weighted by Gasteiger charge is -2.40. The molecule has 3 rings (SSSR count). The summed E-state index contributed by atoms with van der Waals surface area (Å²) in [7, 11) is 0. The standard InChI is InChI=1S/C15H19BrN4S/c16-13-9-12(10-17)15(18-11-13)20-3-1-14(2-4-20)19-5-7-21-8-6-19/h9,11,14H,1-8H2. The normalized spacial score (nSPS) is 21.2. The molecule has 2 aliphatic rings. The Bertz CT molecular complexity index is 531. The van der Waals surface area contributed by atoms with Gasteiger partial charge >= 0.3 is 0 Å². The smallest absolute Gasteiger partial charge is 0.146 e. The second-order valence-electron chi connectivity index (χ2n) is 5.50. The quantitative estimate of drug-likeness (QED) is 0.804. The highest BCUT2D eigenvalue weighted by Gasteiger charge is 2.27. The van der Waals surface area contributed by atoms with Crippen molar-refractivity contribution in [2.24, 2.45) is 0 Å². The van der Waals surface area contributed by atoms with E-state index in [2.05, 4.69) is 48.5 Å². The number of thioether (sulfide) groups is 1. The van der Waals surface area contributed by atoms with Crippen LogP contribution in [-0.2, 0) is 0 Å². The number of aromatic nitrogens is 1. The van der Waals surface area contributed by atoms with E-state index in [4.69, 9.17) is 0 Å². The molecule has 6 heteroatoms. The fourth-order valence-corrected chi connectivity index (χ4v) is 4.41. The number of anilines is 1. The van der Waals surface area contributed by atoms with Gasteiger partial charge in [0.2, 0.25) is 0 Å². The van der Waals surface area contributed by atoms with E-state index in [1.807, 2.05) is 6.07 Å². The Morgan fingerprint density at radius 2 is 1.95 bits per heavy atom. The first-order chi connectivity index (χ1) is 10.3. The van der Waals surface area contributed by atoms with Crippen LogP contribution in [-0.4, -0.2) is 53.6 Å². The third-order valence-corrected chi connectivity index (χ3v) is 5.66. The topological polar surface area (TPSA) is 43.2 Å². The van der Waals surface area contributed by atoms with Crippen molar-refractivity contribution >= 4 is 33.5 Å². The number of pyridine rings is 1. The molecule has 0 N–H and O–H groups in total. The molecule has 1 aromatic heterocycles. The Labute approximate surface area is 138 Å². The van der Waals surface area contributed by atoms with Crippen LogP contribution in [0.2, 0.25) is 0 Å². The van der Waals surface area contributed by atoms with Crippen molar-refractivity contribution in [2.75, 3.05) is 42.6 Å². The van der Waals surface area contributed by atoms with Crippen molar-refractivity contribution in [3.05, 3.63) is 22.3 Å². The van der Waals surface area contributed by atoms with Gasteiger partial charge in [0.25, 0.3) is 0 Å². The zero-order valence-corrected chi connectivity index (χ0v) is 14.4. The lowest BCUT2D eigenvalue weighted by Crippen LogP contribution is -2.48. The zero-order chi connectivity index (χ0) is 14.7. The maximum atomic E-state index is 9.28. The lowest BCUT2D eigenvalue weighted by molar-refractivity contribution is 0.185. The molecule has 0 amide bonds. The van der Waals surface area contributed by atoms with E-state index >= 15 is 0 Å². The average Bonchev–Trinajstić information content (AvgIpc) is 2.56. The van der Waals surface area contributed by atoms with Crippen molar-refractivity contribution in [3.63, 3.8) is 0 Å². The molecule has 3 heterocycles. The Balaban J connectivity index is 1.64. The second-order valence-corrected chi connectivity index (χ2v) is 7.64. The molecule has 1 aromatic rings. The molecule has 0 atom stereocenters. The van der Waals surface area contributed by atoms with Crippen molar-refractivity contribution in [1.29, 1.82) is 5.26 Å². The van der Waals surface area contributed by atoms with E-state index in [1.165, 1.54) is 37.4 Å². The van der Waals surface area contributed by atoms with E-state index in [1.54, 1.807) is 6.20 Å². The second kappa shape index (κ2) is 6.99. The molecule has 0 radical (unpaired) electrons. The van der Waals surface area contributed by atoms with Crippen LogP contribution < -0.4 is 4.90 Å². The molecule has 0 bridgehead atoms. The Hall–Kier alpha value is -0.770. The Morgan fingerprint density at radius 3 is 2.62 bits per heavy atom. The van der Waals surface area contributed by atoms with Gasteiger partial charge in [-0.1, -0.05) is 0 Å². The lowest BCUT2D eigenvalue weighted by atomic mass is 10.0. The summed E-state index contributed by atoms with van der Waals surface area (Å²) in [5.41, 5.74) is 0.664. The summed E-state index contributed by atoms with van der Waals surface area (Å²) >= 11 is 5.45. The fourth-order valence-electron chi connectivity index (χ4n) is 3.15. The van der Waals surface area contributed by atoms with Gasteiger partial charge in [-0.2, -0.15) is 17.0 Å². The van der Waals surface area contributed by atoms with Crippen LogP contribution in [0.3, 0.4) is 0 Å². The number of rotatable bonds is 2.